The smallest absolute Gasteiger partial charge is 0.247 e. The molecular formula is C17H15BrN4O. The van der Waals surface area contributed by atoms with Crippen LogP contribution in [0.25, 0.3) is 11.0 Å². The molecule has 3 rings (SSSR count). The number of fused-ring (bicyclic) bond motifs is 1. The van der Waals surface area contributed by atoms with Crippen molar-refractivity contribution in [2.24, 2.45) is 12.1 Å². The van der Waals surface area contributed by atoms with E-state index in [1.807, 2.05) is 60.1 Å². The van der Waals surface area contributed by atoms with Crippen molar-refractivity contribution in [2.45, 2.75) is 6.42 Å². The third-order valence-electron chi connectivity index (χ3n) is 3.50. The van der Waals surface area contributed by atoms with Gasteiger partial charge in [0.05, 0.1) is 23.7 Å². The molecule has 1 N–H and O–H groups in total. The van der Waals surface area contributed by atoms with E-state index in [0.717, 1.165) is 21.1 Å². The summed E-state index contributed by atoms with van der Waals surface area (Å²) in [6, 6.07) is 15.5. The van der Waals surface area contributed by atoms with Gasteiger partial charge in [0.2, 0.25) is 5.91 Å². The Morgan fingerprint density at radius 2 is 2.00 bits per heavy atom. The molecule has 0 bridgehead atoms. The number of rotatable bonds is 4. The summed E-state index contributed by atoms with van der Waals surface area (Å²) in [5.41, 5.74) is 5.32. The van der Waals surface area contributed by atoms with Crippen LogP contribution in [0.4, 0.5) is 0 Å². The molecule has 1 aromatic heterocycles. The van der Waals surface area contributed by atoms with E-state index in [2.05, 4.69) is 31.4 Å². The van der Waals surface area contributed by atoms with Gasteiger partial charge in [-0.05, 0) is 18.2 Å². The fraction of sp³-hybridized carbons (Fsp3) is 0.118. The highest BCUT2D eigenvalue weighted by Crippen LogP contribution is 2.15. The van der Waals surface area contributed by atoms with E-state index in [0.29, 0.717) is 5.82 Å². The van der Waals surface area contributed by atoms with Crippen molar-refractivity contribution >= 4 is 39.1 Å². The number of halogens is 1. The molecule has 0 spiro atoms. The fourth-order valence-electron chi connectivity index (χ4n) is 2.29. The number of nitrogens with one attached hydrogen (secondary N) is 1. The lowest BCUT2D eigenvalue weighted by Crippen LogP contribution is -2.21. The molecule has 0 aliphatic carbocycles. The second kappa shape index (κ2) is 6.75. The van der Waals surface area contributed by atoms with Crippen LogP contribution in [0.2, 0.25) is 0 Å². The molecular weight excluding hydrogens is 356 g/mol. The van der Waals surface area contributed by atoms with E-state index in [9.17, 15) is 4.79 Å². The second-order valence-electron chi connectivity index (χ2n) is 5.07. The summed E-state index contributed by atoms with van der Waals surface area (Å²) in [5, 5.41) is 3.99. The van der Waals surface area contributed by atoms with E-state index in [-0.39, 0.29) is 12.3 Å². The maximum absolute atomic E-state index is 12.0. The first-order chi connectivity index (χ1) is 11.1. The van der Waals surface area contributed by atoms with E-state index >= 15 is 0 Å². The Kier molecular flexibility index (Phi) is 4.52. The molecule has 0 atom stereocenters. The fourth-order valence-corrected chi connectivity index (χ4v) is 2.68. The molecule has 0 fully saturated rings. The molecule has 1 heterocycles. The molecule has 0 saturated heterocycles. The Hall–Kier alpha value is -2.47. The third kappa shape index (κ3) is 3.48. The molecule has 6 heteroatoms. The van der Waals surface area contributed by atoms with Gasteiger partial charge in [-0.2, -0.15) is 5.10 Å². The molecule has 0 aliphatic rings. The van der Waals surface area contributed by atoms with Gasteiger partial charge in [-0.3, -0.25) is 4.79 Å². The maximum atomic E-state index is 12.0. The van der Waals surface area contributed by atoms with Crippen LogP contribution in [0.1, 0.15) is 11.4 Å². The van der Waals surface area contributed by atoms with E-state index in [1.54, 1.807) is 6.21 Å². The molecule has 0 radical (unpaired) electrons. The summed E-state index contributed by atoms with van der Waals surface area (Å²) in [6.45, 7) is 0. The van der Waals surface area contributed by atoms with Crippen LogP contribution in [0.15, 0.2) is 58.1 Å². The van der Waals surface area contributed by atoms with Crippen LogP contribution in [0.5, 0.6) is 0 Å². The first kappa shape index (κ1) is 15.4. The van der Waals surface area contributed by atoms with Crippen molar-refractivity contribution in [3.63, 3.8) is 0 Å². The number of carbonyl (C=O) groups is 1. The van der Waals surface area contributed by atoms with Gasteiger partial charge in [0.15, 0.2) is 0 Å². The number of hydrogen-bond donors (Lipinski definition) is 1. The zero-order valence-electron chi connectivity index (χ0n) is 12.5. The van der Waals surface area contributed by atoms with Crippen molar-refractivity contribution < 1.29 is 4.79 Å². The van der Waals surface area contributed by atoms with Gasteiger partial charge in [0, 0.05) is 17.1 Å². The Bertz CT molecular complexity index is 885. The molecule has 2 aromatic carbocycles. The van der Waals surface area contributed by atoms with Crippen LogP contribution >= 0.6 is 15.9 Å². The predicted octanol–water partition coefficient (Wildman–Crippen LogP) is 3.03. The molecule has 5 nitrogen and oxygen atoms in total. The number of hydrogen-bond acceptors (Lipinski definition) is 3. The summed E-state index contributed by atoms with van der Waals surface area (Å²) in [7, 11) is 1.91. The van der Waals surface area contributed by atoms with Gasteiger partial charge in [-0.1, -0.05) is 46.3 Å². The Morgan fingerprint density at radius 3 is 2.78 bits per heavy atom. The van der Waals surface area contributed by atoms with Gasteiger partial charge >= 0.3 is 0 Å². The highest BCUT2D eigenvalue weighted by Gasteiger charge is 2.10. The van der Waals surface area contributed by atoms with Crippen molar-refractivity contribution in [1.82, 2.24) is 15.0 Å². The minimum atomic E-state index is -0.202. The average Bonchev–Trinajstić information content (AvgIpc) is 2.86. The van der Waals surface area contributed by atoms with Crippen LogP contribution < -0.4 is 5.43 Å². The average molecular weight is 371 g/mol. The molecule has 116 valence electrons. The summed E-state index contributed by atoms with van der Waals surface area (Å²) < 4.78 is 2.85. The van der Waals surface area contributed by atoms with Crippen LogP contribution in [-0.4, -0.2) is 21.7 Å². The van der Waals surface area contributed by atoms with Gasteiger partial charge in [0.1, 0.15) is 5.82 Å². The van der Waals surface area contributed by atoms with Crippen LogP contribution in [0.3, 0.4) is 0 Å². The minimum Gasteiger partial charge on any atom is -0.331 e. The number of aryl methyl sites for hydroxylation is 1. The van der Waals surface area contributed by atoms with Crippen molar-refractivity contribution in [3.05, 3.63) is 64.4 Å². The zero-order valence-corrected chi connectivity index (χ0v) is 14.1. The number of nitrogens with zero attached hydrogens (tertiary/aromatic N) is 3. The van der Waals surface area contributed by atoms with Gasteiger partial charge in [0.25, 0.3) is 0 Å². The second-order valence-corrected chi connectivity index (χ2v) is 5.92. The monoisotopic (exact) mass is 370 g/mol. The molecule has 0 aliphatic heterocycles. The van der Waals surface area contributed by atoms with Crippen molar-refractivity contribution in [3.8, 4) is 0 Å². The lowest BCUT2D eigenvalue weighted by molar-refractivity contribution is -0.120. The Labute approximate surface area is 142 Å². The molecule has 3 aromatic rings. The largest absolute Gasteiger partial charge is 0.331 e. The van der Waals surface area contributed by atoms with Crippen molar-refractivity contribution in [2.75, 3.05) is 0 Å². The highest BCUT2D eigenvalue weighted by molar-refractivity contribution is 9.10. The highest BCUT2D eigenvalue weighted by atomic mass is 79.9. The number of imidazole rings is 1. The topological polar surface area (TPSA) is 59.3 Å². The van der Waals surface area contributed by atoms with Gasteiger partial charge < -0.3 is 4.57 Å². The number of para-hydroxylation sites is 2. The Morgan fingerprint density at radius 1 is 1.26 bits per heavy atom. The van der Waals surface area contributed by atoms with Gasteiger partial charge in [-0.25, -0.2) is 10.4 Å². The van der Waals surface area contributed by atoms with E-state index in [1.165, 1.54) is 0 Å². The van der Waals surface area contributed by atoms with E-state index in [4.69, 9.17) is 0 Å². The summed E-state index contributed by atoms with van der Waals surface area (Å²) in [4.78, 5) is 16.5. The number of amides is 1. The number of benzene rings is 2. The number of hydrazone groups is 1. The van der Waals surface area contributed by atoms with Crippen LogP contribution in [0, 0.1) is 0 Å². The number of aromatic nitrogens is 2. The predicted molar refractivity (Wildman–Crippen MR) is 94.3 cm³/mol. The quantitative estimate of drug-likeness (QED) is 0.566. The first-order valence-corrected chi connectivity index (χ1v) is 7.91. The summed E-state index contributed by atoms with van der Waals surface area (Å²) >= 11 is 3.43. The summed E-state index contributed by atoms with van der Waals surface area (Å²) in [5.74, 6) is 0.506. The lowest BCUT2D eigenvalue weighted by Gasteiger charge is -2.02. The lowest BCUT2D eigenvalue weighted by atomic mass is 10.2. The maximum Gasteiger partial charge on any atom is 0.247 e. The summed E-state index contributed by atoms with van der Waals surface area (Å²) in [6.07, 6.45) is 1.79. The standard InChI is InChI=1S/C17H15BrN4O/c1-22-15-9-5-4-8-14(15)20-16(22)10-17(23)21-19-11-12-6-2-3-7-13(12)18/h2-9,11H,10H2,1H3,(H,21,23). The van der Waals surface area contributed by atoms with Crippen molar-refractivity contribution in [1.29, 1.82) is 0 Å². The Balaban J connectivity index is 1.67. The third-order valence-corrected chi connectivity index (χ3v) is 4.22. The SMILES string of the molecule is Cn1c(CC(=O)NN=Cc2ccccc2Br)nc2ccccc21. The zero-order chi connectivity index (χ0) is 16.2. The molecule has 23 heavy (non-hydrogen) atoms. The minimum absolute atomic E-state index is 0.179. The molecule has 1 amide bonds. The van der Waals surface area contributed by atoms with Gasteiger partial charge in [-0.15, -0.1) is 0 Å². The van der Waals surface area contributed by atoms with E-state index < -0.39 is 0 Å². The van der Waals surface area contributed by atoms with Crippen LogP contribution in [-0.2, 0) is 18.3 Å². The molecule has 0 unspecified atom stereocenters. The first-order valence-electron chi connectivity index (χ1n) is 7.12. The molecule has 0 saturated carbocycles. The normalized spacial score (nSPS) is 11.2. The number of carbonyl (C=O) groups excluding carboxylic acids is 1.